The molecule has 1 aliphatic heterocycles. The van der Waals surface area contributed by atoms with Crippen molar-refractivity contribution in [2.45, 2.75) is 13.0 Å². The number of aromatic amines is 1. The molecule has 0 bridgehead atoms. The number of phenols is 1. The first-order valence-electron chi connectivity index (χ1n) is 10.5. The topological polar surface area (TPSA) is 94.1 Å². The van der Waals surface area contributed by atoms with Gasteiger partial charge in [-0.2, -0.15) is 5.10 Å². The minimum absolute atomic E-state index is 0.120. The van der Waals surface area contributed by atoms with Crippen LogP contribution in [0.3, 0.4) is 0 Å². The summed E-state index contributed by atoms with van der Waals surface area (Å²) in [7, 11) is 0. The number of halogens is 2. The van der Waals surface area contributed by atoms with Crippen molar-refractivity contribution in [1.82, 2.24) is 25.4 Å². The fourth-order valence-corrected chi connectivity index (χ4v) is 4.29. The van der Waals surface area contributed by atoms with E-state index in [4.69, 9.17) is 0 Å². The second-order valence-electron chi connectivity index (χ2n) is 8.00. The first-order chi connectivity index (χ1) is 15.9. The van der Waals surface area contributed by atoms with Gasteiger partial charge in [0.1, 0.15) is 5.75 Å². The van der Waals surface area contributed by atoms with E-state index in [9.17, 15) is 18.7 Å². The number of H-pyrrole nitrogens is 1. The van der Waals surface area contributed by atoms with E-state index < -0.39 is 17.7 Å². The molecule has 0 saturated carbocycles. The minimum atomic E-state index is -0.951. The van der Waals surface area contributed by atoms with Gasteiger partial charge < -0.3 is 15.3 Å². The van der Waals surface area contributed by atoms with Gasteiger partial charge in [-0.15, -0.1) is 0 Å². The summed E-state index contributed by atoms with van der Waals surface area (Å²) >= 11 is 0. The number of pyridine rings is 1. The van der Waals surface area contributed by atoms with Crippen LogP contribution < -0.4 is 5.32 Å². The zero-order valence-electron chi connectivity index (χ0n) is 17.8. The Hall–Kier alpha value is -3.85. The van der Waals surface area contributed by atoms with Crippen LogP contribution in [-0.2, 0) is 0 Å². The third-order valence-corrected chi connectivity index (χ3v) is 5.95. The van der Waals surface area contributed by atoms with Crippen molar-refractivity contribution >= 4 is 16.9 Å². The SMILES string of the molecule is Cc1n[nH]c2nc(-c3ccc(O)cc3)cc(C(=O)N3CCNCC3c3cccc(F)c3F)c12. The minimum Gasteiger partial charge on any atom is -0.508 e. The summed E-state index contributed by atoms with van der Waals surface area (Å²) in [4.78, 5) is 20.0. The average Bonchev–Trinajstić information content (AvgIpc) is 3.21. The summed E-state index contributed by atoms with van der Waals surface area (Å²) in [5.74, 6) is -2.10. The van der Waals surface area contributed by atoms with Crippen LogP contribution in [0.15, 0.2) is 48.5 Å². The molecule has 2 aromatic heterocycles. The Balaban J connectivity index is 1.62. The van der Waals surface area contributed by atoms with Gasteiger partial charge >= 0.3 is 0 Å². The lowest BCUT2D eigenvalue weighted by molar-refractivity contribution is 0.0631. The van der Waals surface area contributed by atoms with Crippen LogP contribution in [0.25, 0.3) is 22.3 Å². The largest absolute Gasteiger partial charge is 0.508 e. The Labute approximate surface area is 188 Å². The molecular weight excluding hydrogens is 428 g/mol. The van der Waals surface area contributed by atoms with Gasteiger partial charge in [-0.1, -0.05) is 12.1 Å². The van der Waals surface area contributed by atoms with Crippen LogP contribution in [0.4, 0.5) is 8.78 Å². The number of benzene rings is 2. The Morgan fingerprint density at radius 1 is 1.18 bits per heavy atom. The summed E-state index contributed by atoms with van der Waals surface area (Å²) in [6.07, 6.45) is 0. The van der Waals surface area contributed by atoms with E-state index in [1.807, 2.05) is 0 Å². The van der Waals surface area contributed by atoms with Crippen molar-refractivity contribution in [3.63, 3.8) is 0 Å². The van der Waals surface area contributed by atoms with Gasteiger partial charge in [-0.25, -0.2) is 13.8 Å². The van der Waals surface area contributed by atoms with Crippen LogP contribution in [0, 0.1) is 18.6 Å². The van der Waals surface area contributed by atoms with Crippen molar-refractivity contribution in [1.29, 1.82) is 0 Å². The monoisotopic (exact) mass is 449 g/mol. The summed E-state index contributed by atoms with van der Waals surface area (Å²) in [6.45, 7) is 2.94. The molecule has 0 spiro atoms. The Morgan fingerprint density at radius 2 is 1.97 bits per heavy atom. The predicted octanol–water partition coefficient (Wildman–Crippen LogP) is 3.70. The molecule has 3 N–H and O–H groups in total. The molecule has 33 heavy (non-hydrogen) atoms. The molecule has 2 aromatic carbocycles. The Morgan fingerprint density at radius 3 is 2.76 bits per heavy atom. The summed E-state index contributed by atoms with van der Waals surface area (Å²) in [5.41, 5.74) is 2.80. The number of hydrogen-bond acceptors (Lipinski definition) is 5. The van der Waals surface area contributed by atoms with Gasteiger partial charge in [0.25, 0.3) is 5.91 Å². The van der Waals surface area contributed by atoms with E-state index in [1.54, 1.807) is 42.2 Å². The predicted molar refractivity (Wildman–Crippen MR) is 119 cm³/mol. The van der Waals surface area contributed by atoms with Crippen molar-refractivity contribution in [2.24, 2.45) is 0 Å². The van der Waals surface area contributed by atoms with E-state index in [1.165, 1.54) is 12.1 Å². The van der Waals surface area contributed by atoms with Crippen LogP contribution in [0.1, 0.15) is 27.7 Å². The van der Waals surface area contributed by atoms with E-state index in [0.717, 1.165) is 6.07 Å². The van der Waals surface area contributed by atoms with Crippen molar-refractivity contribution < 1.29 is 18.7 Å². The molecule has 4 aromatic rings. The number of aryl methyl sites for hydroxylation is 1. The van der Waals surface area contributed by atoms with Crippen LogP contribution in [0.5, 0.6) is 5.75 Å². The number of nitrogens with one attached hydrogen (secondary N) is 2. The quantitative estimate of drug-likeness (QED) is 0.443. The maximum absolute atomic E-state index is 14.6. The maximum atomic E-state index is 14.6. The van der Waals surface area contributed by atoms with Crippen molar-refractivity contribution in [3.05, 3.63) is 77.0 Å². The maximum Gasteiger partial charge on any atom is 0.255 e. The van der Waals surface area contributed by atoms with Gasteiger partial charge in [0.05, 0.1) is 28.4 Å². The highest BCUT2D eigenvalue weighted by Crippen LogP contribution is 2.32. The Kier molecular flexibility index (Phi) is 5.26. The number of aromatic hydroxyl groups is 1. The molecule has 0 radical (unpaired) electrons. The third kappa shape index (κ3) is 3.70. The fraction of sp³-hybridized carbons (Fsp3) is 0.208. The molecular formula is C24H21F2N5O2. The molecule has 3 heterocycles. The third-order valence-electron chi connectivity index (χ3n) is 5.95. The molecule has 0 aliphatic carbocycles. The molecule has 168 valence electrons. The molecule has 1 amide bonds. The standard InChI is InChI=1S/C24H21F2N5O2/c1-13-21-17(11-19(28-23(21)30-29-13)14-5-7-15(32)8-6-14)24(33)31-10-9-27-12-20(31)16-3-2-4-18(25)22(16)26/h2-8,11,20,27,32H,9-10,12H2,1H3,(H,28,29,30). The lowest BCUT2D eigenvalue weighted by Crippen LogP contribution is -2.49. The summed E-state index contributed by atoms with van der Waals surface area (Å²) in [5, 5.41) is 20.4. The van der Waals surface area contributed by atoms with Gasteiger partial charge in [-0.05, 0) is 43.3 Å². The van der Waals surface area contributed by atoms with Gasteiger partial charge in [0, 0.05) is 30.8 Å². The van der Waals surface area contributed by atoms with Crippen molar-refractivity contribution in [2.75, 3.05) is 19.6 Å². The Bertz CT molecular complexity index is 1350. The van der Waals surface area contributed by atoms with Gasteiger partial charge in [0.15, 0.2) is 17.3 Å². The highest BCUT2D eigenvalue weighted by Gasteiger charge is 2.33. The number of hydrogen-bond donors (Lipinski definition) is 3. The van der Waals surface area contributed by atoms with E-state index in [-0.39, 0.29) is 17.2 Å². The number of carbonyl (C=O) groups excluding carboxylic acids is 1. The number of piperazine rings is 1. The zero-order valence-corrected chi connectivity index (χ0v) is 17.8. The highest BCUT2D eigenvalue weighted by molar-refractivity contribution is 6.07. The van der Waals surface area contributed by atoms with E-state index in [0.29, 0.717) is 53.2 Å². The van der Waals surface area contributed by atoms with Gasteiger partial charge in [0.2, 0.25) is 0 Å². The number of aromatic nitrogens is 3. The molecule has 1 fully saturated rings. The van der Waals surface area contributed by atoms with E-state index in [2.05, 4.69) is 20.5 Å². The number of fused-ring (bicyclic) bond motifs is 1. The zero-order chi connectivity index (χ0) is 23.1. The molecule has 1 aliphatic rings. The lowest BCUT2D eigenvalue weighted by Gasteiger charge is -2.37. The smallest absolute Gasteiger partial charge is 0.255 e. The summed E-state index contributed by atoms with van der Waals surface area (Å²) < 4.78 is 28.6. The number of phenolic OH excluding ortho intramolecular Hbond substituents is 1. The average molecular weight is 449 g/mol. The molecule has 9 heteroatoms. The highest BCUT2D eigenvalue weighted by atomic mass is 19.2. The lowest BCUT2D eigenvalue weighted by atomic mass is 9.99. The molecule has 1 saturated heterocycles. The number of carbonyl (C=O) groups is 1. The number of nitrogens with zero attached hydrogens (tertiary/aromatic N) is 3. The van der Waals surface area contributed by atoms with Crippen molar-refractivity contribution in [3.8, 4) is 17.0 Å². The second-order valence-corrected chi connectivity index (χ2v) is 8.00. The first-order valence-corrected chi connectivity index (χ1v) is 10.5. The normalized spacial score (nSPS) is 16.3. The second kappa shape index (κ2) is 8.25. The number of amides is 1. The molecule has 5 rings (SSSR count). The van der Waals surface area contributed by atoms with E-state index >= 15 is 0 Å². The van der Waals surface area contributed by atoms with Crippen LogP contribution in [-0.4, -0.2) is 50.7 Å². The fourth-order valence-electron chi connectivity index (χ4n) is 4.29. The molecule has 1 unspecified atom stereocenters. The molecule has 1 atom stereocenters. The van der Waals surface area contributed by atoms with Crippen LogP contribution in [0.2, 0.25) is 0 Å². The van der Waals surface area contributed by atoms with Crippen LogP contribution >= 0.6 is 0 Å². The summed E-state index contributed by atoms with van der Waals surface area (Å²) in [6, 6.07) is 11.5. The first kappa shape index (κ1) is 21.0. The van der Waals surface area contributed by atoms with Gasteiger partial charge in [-0.3, -0.25) is 9.89 Å². The molecule has 7 nitrogen and oxygen atoms in total. The number of rotatable bonds is 3.